The minimum atomic E-state index is -3.78. The molecule has 1 N–H and O–H groups in total. The standard InChI is InChI=1S/C23H27N3O6S/c1-25(2)33(30,31)18-11-12-20(26-13-7-4-8-14-26)19(15-18)23(29)32-16-21(27)24-22(28)17-9-5-3-6-10-17/h3,5-6,9-12,15H,4,7-8,13-14,16H2,1-2H3,(H,24,27,28). The molecule has 0 spiro atoms. The number of imide groups is 1. The Morgan fingerprint density at radius 2 is 1.67 bits per heavy atom. The predicted molar refractivity (Wildman–Crippen MR) is 123 cm³/mol. The lowest BCUT2D eigenvalue weighted by Gasteiger charge is -2.30. The van der Waals surface area contributed by atoms with E-state index < -0.39 is 34.4 Å². The van der Waals surface area contributed by atoms with Gasteiger partial charge in [-0.25, -0.2) is 17.5 Å². The highest BCUT2D eigenvalue weighted by Gasteiger charge is 2.25. The number of piperidine rings is 1. The number of hydrogen-bond acceptors (Lipinski definition) is 7. The zero-order chi connectivity index (χ0) is 24.0. The summed E-state index contributed by atoms with van der Waals surface area (Å²) in [5.74, 6) is -2.23. The van der Waals surface area contributed by atoms with Gasteiger partial charge in [0.2, 0.25) is 10.0 Å². The number of rotatable bonds is 7. The molecule has 0 unspecified atom stereocenters. The third-order valence-electron chi connectivity index (χ3n) is 5.29. The number of nitrogens with one attached hydrogen (secondary N) is 1. The van der Waals surface area contributed by atoms with E-state index in [1.807, 2.05) is 4.90 Å². The maximum absolute atomic E-state index is 12.9. The fourth-order valence-electron chi connectivity index (χ4n) is 3.49. The van der Waals surface area contributed by atoms with Crippen LogP contribution in [0.3, 0.4) is 0 Å². The van der Waals surface area contributed by atoms with E-state index in [1.165, 1.54) is 26.2 Å². The lowest BCUT2D eigenvalue weighted by Crippen LogP contribution is -2.34. The van der Waals surface area contributed by atoms with Crippen LogP contribution in [0.1, 0.15) is 40.0 Å². The normalized spacial score (nSPS) is 14.1. The van der Waals surface area contributed by atoms with E-state index in [2.05, 4.69) is 5.32 Å². The lowest BCUT2D eigenvalue weighted by atomic mass is 10.1. The van der Waals surface area contributed by atoms with Gasteiger partial charge in [-0.1, -0.05) is 18.2 Å². The number of hydrogen-bond donors (Lipinski definition) is 1. The summed E-state index contributed by atoms with van der Waals surface area (Å²) in [4.78, 5) is 39.1. The average molecular weight is 474 g/mol. The van der Waals surface area contributed by atoms with Crippen LogP contribution in [0.4, 0.5) is 5.69 Å². The Balaban J connectivity index is 1.77. The minimum Gasteiger partial charge on any atom is -0.452 e. The average Bonchev–Trinajstić information content (AvgIpc) is 2.83. The largest absolute Gasteiger partial charge is 0.452 e. The number of sulfonamides is 1. The molecule has 1 aliphatic rings. The quantitative estimate of drug-likeness (QED) is 0.612. The third-order valence-corrected chi connectivity index (χ3v) is 7.10. The summed E-state index contributed by atoms with van der Waals surface area (Å²) in [5.41, 5.74) is 0.909. The molecule has 0 saturated carbocycles. The van der Waals surface area contributed by atoms with Crippen molar-refractivity contribution in [3.05, 3.63) is 59.7 Å². The Morgan fingerprint density at radius 1 is 1.00 bits per heavy atom. The Labute approximate surface area is 193 Å². The number of esters is 1. The zero-order valence-electron chi connectivity index (χ0n) is 18.6. The van der Waals surface area contributed by atoms with E-state index in [-0.39, 0.29) is 10.5 Å². The van der Waals surface area contributed by atoms with E-state index in [1.54, 1.807) is 36.4 Å². The van der Waals surface area contributed by atoms with Gasteiger partial charge in [0.15, 0.2) is 6.61 Å². The highest BCUT2D eigenvalue weighted by Crippen LogP contribution is 2.28. The van der Waals surface area contributed by atoms with Gasteiger partial charge in [-0.15, -0.1) is 0 Å². The molecule has 1 aliphatic heterocycles. The van der Waals surface area contributed by atoms with Crippen molar-refractivity contribution in [2.24, 2.45) is 0 Å². The molecule has 1 heterocycles. The molecule has 0 aromatic heterocycles. The first-order valence-electron chi connectivity index (χ1n) is 10.6. The molecule has 3 rings (SSSR count). The van der Waals surface area contributed by atoms with Crippen LogP contribution in [-0.2, 0) is 19.6 Å². The molecule has 2 aromatic carbocycles. The molecule has 10 heteroatoms. The van der Waals surface area contributed by atoms with Crippen molar-refractivity contribution in [3.63, 3.8) is 0 Å². The molecule has 33 heavy (non-hydrogen) atoms. The predicted octanol–water partition coefficient (Wildman–Crippen LogP) is 2.04. The Morgan fingerprint density at radius 3 is 2.30 bits per heavy atom. The number of anilines is 1. The van der Waals surface area contributed by atoms with Gasteiger partial charge in [0.1, 0.15) is 0 Å². The van der Waals surface area contributed by atoms with Crippen LogP contribution in [-0.4, -0.2) is 64.3 Å². The highest BCUT2D eigenvalue weighted by molar-refractivity contribution is 7.89. The van der Waals surface area contributed by atoms with E-state index >= 15 is 0 Å². The molecule has 9 nitrogen and oxygen atoms in total. The van der Waals surface area contributed by atoms with Gasteiger partial charge in [-0.3, -0.25) is 14.9 Å². The monoisotopic (exact) mass is 473 g/mol. The van der Waals surface area contributed by atoms with E-state index in [0.717, 1.165) is 36.7 Å². The van der Waals surface area contributed by atoms with Gasteiger partial charge in [0.25, 0.3) is 11.8 Å². The second-order valence-electron chi connectivity index (χ2n) is 7.83. The number of carbonyl (C=O) groups is 3. The number of amides is 2. The second kappa shape index (κ2) is 10.6. The molecule has 0 radical (unpaired) electrons. The van der Waals surface area contributed by atoms with Crippen LogP contribution >= 0.6 is 0 Å². The first-order chi connectivity index (χ1) is 15.7. The van der Waals surface area contributed by atoms with Crippen molar-refractivity contribution in [2.75, 3.05) is 38.7 Å². The van der Waals surface area contributed by atoms with Crippen molar-refractivity contribution in [3.8, 4) is 0 Å². The maximum Gasteiger partial charge on any atom is 0.340 e. The Hall–Kier alpha value is -3.24. The van der Waals surface area contributed by atoms with Gasteiger partial charge in [-0.05, 0) is 49.6 Å². The molecular formula is C23H27N3O6S. The Bertz CT molecular complexity index is 1130. The van der Waals surface area contributed by atoms with E-state index in [9.17, 15) is 22.8 Å². The fraction of sp³-hybridized carbons (Fsp3) is 0.348. The molecule has 2 aromatic rings. The number of nitrogens with zero attached hydrogens (tertiary/aromatic N) is 2. The third kappa shape index (κ3) is 5.96. The molecular weight excluding hydrogens is 446 g/mol. The van der Waals surface area contributed by atoms with Crippen molar-refractivity contribution in [1.29, 1.82) is 0 Å². The SMILES string of the molecule is CN(C)S(=O)(=O)c1ccc(N2CCCCC2)c(C(=O)OCC(=O)NC(=O)c2ccccc2)c1. The van der Waals surface area contributed by atoms with Crippen molar-refractivity contribution >= 4 is 33.5 Å². The van der Waals surface area contributed by atoms with Gasteiger partial charge >= 0.3 is 5.97 Å². The van der Waals surface area contributed by atoms with Crippen molar-refractivity contribution in [1.82, 2.24) is 9.62 Å². The molecule has 0 aliphatic carbocycles. The lowest BCUT2D eigenvalue weighted by molar-refractivity contribution is -0.123. The van der Waals surface area contributed by atoms with Crippen molar-refractivity contribution < 1.29 is 27.5 Å². The molecule has 2 amide bonds. The second-order valence-corrected chi connectivity index (χ2v) is 9.99. The summed E-state index contributed by atoms with van der Waals surface area (Å²) in [6.45, 7) is 0.778. The van der Waals surface area contributed by atoms with Crippen LogP contribution in [0, 0.1) is 0 Å². The van der Waals surface area contributed by atoms with E-state index in [4.69, 9.17) is 4.74 Å². The molecule has 1 saturated heterocycles. The first kappa shape index (κ1) is 24.4. The highest BCUT2D eigenvalue weighted by atomic mass is 32.2. The van der Waals surface area contributed by atoms with Crippen molar-refractivity contribution in [2.45, 2.75) is 24.2 Å². The summed E-state index contributed by atoms with van der Waals surface area (Å²) >= 11 is 0. The topological polar surface area (TPSA) is 113 Å². The number of benzene rings is 2. The van der Waals surface area contributed by atoms with Crippen LogP contribution < -0.4 is 10.2 Å². The van der Waals surface area contributed by atoms with Gasteiger partial charge in [0, 0.05) is 32.7 Å². The summed E-state index contributed by atoms with van der Waals surface area (Å²) in [6.07, 6.45) is 2.99. The van der Waals surface area contributed by atoms with Crippen LogP contribution in [0.5, 0.6) is 0 Å². The maximum atomic E-state index is 12.9. The van der Waals surface area contributed by atoms with Gasteiger partial charge < -0.3 is 9.64 Å². The number of carbonyl (C=O) groups excluding carboxylic acids is 3. The van der Waals surface area contributed by atoms with Gasteiger partial charge in [-0.2, -0.15) is 0 Å². The Kier molecular flexibility index (Phi) is 7.83. The fourth-order valence-corrected chi connectivity index (χ4v) is 4.42. The molecule has 0 atom stereocenters. The minimum absolute atomic E-state index is 0.0519. The van der Waals surface area contributed by atoms with Crippen LogP contribution in [0.25, 0.3) is 0 Å². The summed E-state index contributed by atoms with van der Waals surface area (Å²) in [5, 5.41) is 2.16. The molecule has 176 valence electrons. The van der Waals surface area contributed by atoms with Gasteiger partial charge in [0.05, 0.1) is 16.1 Å². The molecule has 1 fully saturated rings. The first-order valence-corrected chi connectivity index (χ1v) is 12.0. The summed E-state index contributed by atoms with van der Waals surface area (Å²) < 4.78 is 31.4. The molecule has 0 bridgehead atoms. The zero-order valence-corrected chi connectivity index (χ0v) is 19.4. The summed E-state index contributed by atoms with van der Waals surface area (Å²) in [7, 11) is -0.970. The van der Waals surface area contributed by atoms with E-state index in [0.29, 0.717) is 11.3 Å². The summed E-state index contributed by atoms with van der Waals surface area (Å²) in [6, 6.07) is 12.5. The smallest absolute Gasteiger partial charge is 0.340 e. The number of ether oxygens (including phenoxy) is 1. The van der Waals surface area contributed by atoms with Crippen LogP contribution in [0.2, 0.25) is 0 Å². The van der Waals surface area contributed by atoms with Crippen LogP contribution in [0.15, 0.2) is 53.4 Å².